The number of amides is 1. The summed E-state index contributed by atoms with van der Waals surface area (Å²) in [5.41, 5.74) is 3.91. The van der Waals surface area contributed by atoms with Crippen molar-refractivity contribution in [3.05, 3.63) is 72.8 Å². The molecule has 1 amide bonds. The Morgan fingerprint density at radius 1 is 1.00 bits per heavy atom. The number of hydrogen-bond acceptors (Lipinski definition) is 6. The molecule has 31 heavy (non-hydrogen) atoms. The van der Waals surface area contributed by atoms with E-state index < -0.39 is 0 Å². The van der Waals surface area contributed by atoms with E-state index in [1.807, 2.05) is 36.7 Å². The van der Waals surface area contributed by atoms with Crippen LogP contribution in [0, 0.1) is 0 Å². The van der Waals surface area contributed by atoms with Gasteiger partial charge in [-0.25, -0.2) is 15.0 Å². The van der Waals surface area contributed by atoms with Gasteiger partial charge in [0.25, 0.3) is 5.91 Å². The Morgan fingerprint density at radius 3 is 2.65 bits per heavy atom. The molecule has 4 rings (SSSR count). The van der Waals surface area contributed by atoms with Crippen molar-refractivity contribution in [2.75, 3.05) is 31.3 Å². The van der Waals surface area contributed by atoms with Crippen LogP contribution in [0.4, 0.5) is 17.3 Å². The number of fused-ring (bicyclic) bond motifs is 1. The van der Waals surface area contributed by atoms with Gasteiger partial charge in [-0.05, 0) is 69.5 Å². The SMILES string of the molecule is CN(C)CCCn1cnc2cc(NC(=O)c3cccc(Nc4ncccn4)c3)ccc21. The molecule has 8 nitrogen and oxygen atoms in total. The van der Waals surface area contributed by atoms with E-state index in [0.717, 1.165) is 36.2 Å². The zero-order chi connectivity index (χ0) is 21.6. The molecule has 0 saturated carbocycles. The molecule has 2 aromatic heterocycles. The second-order valence-corrected chi connectivity index (χ2v) is 7.53. The van der Waals surface area contributed by atoms with E-state index in [1.165, 1.54) is 0 Å². The largest absolute Gasteiger partial charge is 0.331 e. The molecule has 2 aromatic carbocycles. The predicted octanol–water partition coefficient (Wildman–Crippen LogP) is 3.77. The fraction of sp³-hybridized carbons (Fsp3) is 0.217. The first-order chi connectivity index (χ1) is 15.1. The summed E-state index contributed by atoms with van der Waals surface area (Å²) in [6.07, 6.45) is 6.22. The van der Waals surface area contributed by atoms with Crippen molar-refractivity contribution >= 4 is 34.3 Å². The molecular formula is C23H25N7O. The zero-order valence-corrected chi connectivity index (χ0v) is 17.6. The summed E-state index contributed by atoms with van der Waals surface area (Å²) >= 11 is 0. The number of carbonyl (C=O) groups is 1. The van der Waals surface area contributed by atoms with E-state index in [2.05, 4.69) is 49.1 Å². The number of nitrogens with zero attached hydrogens (tertiary/aromatic N) is 5. The Hall–Kier alpha value is -3.78. The van der Waals surface area contributed by atoms with E-state index in [9.17, 15) is 4.79 Å². The highest BCUT2D eigenvalue weighted by atomic mass is 16.1. The van der Waals surface area contributed by atoms with Crippen molar-refractivity contribution in [3.63, 3.8) is 0 Å². The van der Waals surface area contributed by atoms with Gasteiger partial charge in [0.15, 0.2) is 0 Å². The van der Waals surface area contributed by atoms with E-state index >= 15 is 0 Å². The van der Waals surface area contributed by atoms with Crippen LogP contribution in [0.1, 0.15) is 16.8 Å². The summed E-state index contributed by atoms with van der Waals surface area (Å²) in [6, 6.07) is 14.8. The highest BCUT2D eigenvalue weighted by Gasteiger charge is 2.10. The van der Waals surface area contributed by atoms with E-state index in [-0.39, 0.29) is 5.91 Å². The van der Waals surface area contributed by atoms with Crippen molar-refractivity contribution in [2.24, 2.45) is 0 Å². The summed E-state index contributed by atoms with van der Waals surface area (Å²) in [5, 5.41) is 6.05. The maximum absolute atomic E-state index is 12.8. The zero-order valence-electron chi connectivity index (χ0n) is 17.6. The lowest BCUT2D eigenvalue weighted by molar-refractivity contribution is 0.102. The number of rotatable bonds is 8. The minimum Gasteiger partial charge on any atom is -0.331 e. The Morgan fingerprint density at radius 2 is 1.84 bits per heavy atom. The third-order valence-corrected chi connectivity index (χ3v) is 4.83. The van der Waals surface area contributed by atoms with Gasteiger partial charge in [-0.3, -0.25) is 4.79 Å². The van der Waals surface area contributed by atoms with E-state index in [4.69, 9.17) is 0 Å². The van der Waals surface area contributed by atoms with Crippen molar-refractivity contribution in [3.8, 4) is 0 Å². The third-order valence-electron chi connectivity index (χ3n) is 4.83. The molecule has 4 aromatic rings. The first-order valence-corrected chi connectivity index (χ1v) is 10.1. The molecule has 0 spiro atoms. The van der Waals surface area contributed by atoms with Crippen LogP contribution in [0.25, 0.3) is 11.0 Å². The van der Waals surface area contributed by atoms with Gasteiger partial charge in [-0.2, -0.15) is 0 Å². The number of imidazole rings is 1. The predicted molar refractivity (Wildman–Crippen MR) is 123 cm³/mol. The number of anilines is 3. The summed E-state index contributed by atoms with van der Waals surface area (Å²) in [4.78, 5) is 27.7. The molecular weight excluding hydrogens is 390 g/mol. The van der Waals surface area contributed by atoms with Gasteiger partial charge < -0.3 is 20.1 Å². The number of nitrogens with one attached hydrogen (secondary N) is 2. The van der Waals surface area contributed by atoms with Crippen molar-refractivity contribution in [2.45, 2.75) is 13.0 Å². The quantitative estimate of drug-likeness (QED) is 0.455. The highest BCUT2D eigenvalue weighted by molar-refractivity contribution is 6.05. The normalized spacial score (nSPS) is 11.1. The second-order valence-electron chi connectivity index (χ2n) is 7.53. The van der Waals surface area contributed by atoms with Gasteiger partial charge in [-0.15, -0.1) is 0 Å². The number of benzene rings is 2. The standard InChI is InChI=1S/C23H25N7O/c1-29(2)12-5-13-30-16-26-20-15-19(8-9-21(20)30)27-22(31)17-6-3-7-18(14-17)28-23-24-10-4-11-25-23/h3-4,6-11,14-16H,5,12-13H2,1-2H3,(H,27,31)(H,24,25,28). The topological polar surface area (TPSA) is 88.0 Å². The molecule has 0 radical (unpaired) electrons. The number of aryl methyl sites for hydroxylation is 1. The maximum atomic E-state index is 12.8. The lowest BCUT2D eigenvalue weighted by Gasteiger charge is -2.10. The molecule has 0 fully saturated rings. The van der Waals surface area contributed by atoms with Crippen molar-refractivity contribution < 1.29 is 4.79 Å². The molecule has 0 atom stereocenters. The van der Waals surface area contributed by atoms with Gasteiger partial charge in [0.1, 0.15) is 0 Å². The molecule has 2 heterocycles. The van der Waals surface area contributed by atoms with Crippen molar-refractivity contribution in [1.82, 2.24) is 24.4 Å². The fourth-order valence-corrected chi connectivity index (χ4v) is 3.31. The van der Waals surface area contributed by atoms with Crippen LogP contribution in [0.2, 0.25) is 0 Å². The maximum Gasteiger partial charge on any atom is 0.255 e. The molecule has 0 bridgehead atoms. The molecule has 2 N–H and O–H groups in total. The van der Waals surface area contributed by atoms with Crippen LogP contribution in [0.5, 0.6) is 0 Å². The Labute approximate surface area is 181 Å². The number of aromatic nitrogens is 4. The van der Waals surface area contributed by atoms with Crippen LogP contribution in [-0.4, -0.2) is 51.0 Å². The fourth-order valence-electron chi connectivity index (χ4n) is 3.31. The van der Waals surface area contributed by atoms with Crippen LogP contribution in [0.15, 0.2) is 67.3 Å². The molecule has 0 aliphatic carbocycles. The van der Waals surface area contributed by atoms with Crippen LogP contribution in [0.3, 0.4) is 0 Å². The average Bonchev–Trinajstić information content (AvgIpc) is 3.16. The minimum atomic E-state index is -0.192. The highest BCUT2D eigenvalue weighted by Crippen LogP contribution is 2.20. The smallest absolute Gasteiger partial charge is 0.255 e. The number of hydrogen-bond donors (Lipinski definition) is 2. The molecule has 0 saturated heterocycles. The van der Waals surface area contributed by atoms with Gasteiger partial charge in [-0.1, -0.05) is 6.07 Å². The molecule has 0 unspecified atom stereocenters. The van der Waals surface area contributed by atoms with Crippen LogP contribution < -0.4 is 10.6 Å². The molecule has 0 aliphatic heterocycles. The lowest BCUT2D eigenvalue weighted by atomic mass is 10.1. The minimum absolute atomic E-state index is 0.192. The van der Waals surface area contributed by atoms with Crippen LogP contribution in [-0.2, 0) is 6.54 Å². The first kappa shape index (κ1) is 20.5. The summed E-state index contributed by atoms with van der Waals surface area (Å²) in [6.45, 7) is 1.93. The summed E-state index contributed by atoms with van der Waals surface area (Å²) in [5.74, 6) is 0.286. The third kappa shape index (κ3) is 5.23. The van der Waals surface area contributed by atoms with E-state index in [0.29, 0.717) is 17.2 Å². The summed E-state index contributed by atoms with van der Waals surface area (Å²) in [7, 11) is 4.14. The van der Waals surface area contributed by atoms with Gasteiger partial charge in [0.05, 0.1) is 17.4 Å². The van der Waals surface area contributed by atoms with E-state index in [1.54, 1.807) is 30.6 Å². The lowest BCUT2D eigenvalue weighted by Crippen LogP contribution is -2.14. The monoisotopic (exact) mass is 415 g/mol. The Kier molecular flexibility index (Phi) is 6.18. The van der Waals surface area contributed by atoms with Crippen LogP contribution >= 0.6 is 0 Å². The summed E-state index contributed by atoms with van der Waals surface area (Å²) < 4.78 is 2.14. The van der Waals surface area contributed by atoms with Gasteiger partial charge >= 0.3 is 0 Å². The Balaban J connectivity index is 1.44. The second kappa shape index (κ2) is 9.36. The first-order valence-electron chi connectivity index (χ1n) is 10.1. The molecule has 0 aliphatic rings. The number of carbonyl (C=O) groups excluding carboxylic acids is 1. The Bertz CT molecular complexity index is 1170. The van der Waals surface area contributed by atoms with Gasteiger partial charge in [0.2, 0.25) is 5.95 Å². The van der Waals surface area contributed by atoms with Gasteiger partial charge in [0, 0.05) is 35.9 Å². The molecule has 158 valence electrons. The average molecular weight is 416 g/mol. The molecule has 8 heteroatoms. The van der Waals surface area contributed by atoms with Crippen molar-refractivity contribution in [1.29, 1.82) is 0 Å².